The standard InChI is InChI=1S/C11H13N3O/c12-11(3-4-11)10(15)7-1-2-8-9(5-7)14-6-13-8/h1-2,5-6,10,15H,3-4,12H2,(H,13,14). The largest absolute Gasteiger partial charge is 0.386 e. The van der Waals surface area contributed by atoms with E-state index in [0.717, 1.165) is 29.4 Å². The lowest BCUT2D eigenvalue weighted by atomic mass is 10.0. The minimum absolute atomic E-state index is 0.395. The molecule has 0 aliphatic heterocycles. The van der Waals surface area contributed by atoms with E-state index in [0.29, 0.717) is 0 Å². The van der Waals surface area contributed by atoms with E-state index in [9.17, 15) is 5.11 Å². The second-order valence-corrected chi connectivity index (χ2v) is 4.31. The predicted octanol–water partition coefficient (Wildman–Crippen LogP) is 1.09. The van der Waals surface area contributed by atoms with Gasteiger partial charge >= 0.3 is 0 Å². The van der Waals surface area contributed by atoms with Crippen LogP contribution in [0, 0.1) is 0 Å². The fourth-order valence-electron chi connectivity index (χ4n) is 1.87. The maximum absolute atomic E-state index is 10.1. The second-order valence-electron chi connectivity index (χ2n) is 4.31. The highest BCUT2D eigenvalue weighted by Gasteiger charge is 2.45. The molecule has 2 aromatic rings. The zero-order chi connectivity index (χ0) is 10.5. The summed E-state index contributed by atoms with van der Waals surface area (Å²) in [5.41, 5.74) is 8.29. The molecule has 0 radical (unpaired) electrons. The summed E-state index contributed by atoms with van der Waals surface area (Å²) in [7, 11) is 0. The Morgan fingerprint density at radius 1 is 1.47 bits per heavy atom. The van der Waals surface area contributed by atoms with Gasteiger partial charge in [-0.2, -0.15) is 0 Å². The van der Waals surface area contributed by atoms with Gasteiger partial charge in [0.25, 0.3) is 0 Å². The van der Waals surface area contributed by atoms with E-state index in [2.05, 4.69) is 9.97 Å². The molecule has 1 unspecified atom stereocenters. The highest BCUT2D eigenvalue weighted by atomic mass is 16.3. The SMILES string of the molecule is NC1(C(O)c2ccc3nc[nH]c3c2)CC1. The van der Waals surface area contributed by atoms with Crippen LogP contribution in [0.15, 0.2) is 24.5 Å². The number of aliphatic hydroxyl groups is 1. The summed E-state index contributed by atoms with van der Waals surface area (Å²) < 4.78 is 0. The van der Waals surface area contributed by atoms with Crippen molar-refractivity contribution < 1.29 is 5.11 Å². The average Bonchev–Trinajstić information content (AvgIpc) is 2.82. The van der Waals surface area contributed by atoms with Gasteiger partial charge in [0.15, 0.2) is 0 Å². The Morgan fingerprint density at radius 3 is 3.00 bits per heavy atom. The van der Waals surface area contributed by atoms with E-state index in [-0.39, 0.29) is 0 Å². The Bertz CT molecular complexity index is 501. The smallest absolute Gasteiger partial charge is 0.0970 e. The van der Waals surface area contributed by atoms with Crippen molar-refractivity contribution in [1.82, 2.24) is 9.97 Å². The van der Waals surface area contributed by atoms with Gasteiger partial charge in [-0.15, -0.1) is 0 Å². The molecule has 78 valence electrons. The molecule has 15 heavy (non-hydrogen) atoms. The van der Waals surface area contributed by atoms with Crippen molar-refractivity contribution in [2.24, 2.45) is 5.73 Å². The van der Waals surface area contributed by atoms with Gasteiger partial charge in [-0.3, -0.25) is 0 Å². The van der Waals surface area contributed by atoms with Crippen molar-refractivity contribution in [3.05, 3.63) is 30.1 Å². The highest BCUT2D eigenvalue weighted by Crippen LogP contribution is 2.43. The Kier molecular flexibility index (Phi) is 1.66. The van der Waals surface area contributed by atoms with E-state index in [1.165, 1.54) is 0 Å². The molecule has 1 fully saturated rings. The maximum atomic E-state index is 10.1. The molecule has 1 aromatic carbocycles. The molecule has 0 saturated heterocycles. The van der Waals surface area contributed by atoms with Gasteiger partial charge in [-0.1, -0.05) is 6.07 Å². The number of benzene rings is 1. The van der Waals surface area contributed by atoms with Crippen molar-refractivity contribution in [3.63, 3.8) is 0 Å². The number of nitrogens with one attached hydrogen (secondary N) is 1. The molecular weight excluding hydrogens is 190 g/mol. The van der Waals surface area contributed by atoms with Crippen molar-refractivity contribution in [2.75, 3.05) is 0 Å². The molecule has 3 rings (SSSR count). The van der Waals surface area contributed by atoms with Crippen LogP contribution in [-0.2, 0) is 0 Å². The van der Waals surface area contributed by atoms with Gasteiger partial charge in [-0.25, -0.2) is 4.98 Å². The van der Waals surface area contributed by atoms with Crippen LogP contribution in [0.3, 0.4) is 0 Å². The monoisotopic (exact) mass is 203 g/mol. The number of nitrogens with two attached hydrogens (primary N) is 1. The first-order valence-electron chi connectivity index (χ1n) is 5.09. The second kappa shape index (κ2) is 2.81. The molecule has 1 heterocycles. The summed E-state index contributed by atoms with van der Waals surface area (Å²) >= 11 is 0. The van der Waals surface area contributed by atoms with Crippen LogP contribution < -0.4 is 5.73 Å². The third-order valence-corrected chi connectivity index (χ3v) is 3.13. The van der Waals surface area contributed by atoms with Crippen LogP contribution in [0.4, 0.5) is 0 Å². The Balaban J connectivity index is 2.03. The van der Waals surface area contributed by atoms with Gasteiger partial charge in [-0.05, 0) is 30.5 Å². The number of aliphatic hydroxyl groups excluding tert-OH is 1. The van der Waals surface area contributed by atoms with Crippen molar-refractivity contribution in [3.8, 4) is 0 Å². The van der Waals surface area contributed by atoms with Gasteiger partial charge in [0, 0.05) is 5.54 Å². The zero-order valence-electron chi connectivity index (χ0n) is 8.27. The van der Waals surface area contributed by atoms with Crippen LogP contribution in [0.5, 0.6) is 0 Å². The number of imidazole rings is 1. The minimum Gasteiger partial charge on any atom is -0.386 e. The van der Waals surface area contributed by atoms with Crippen LogP contribution in [0.25, 0.3) is 11.0 Å². The normalized spacial score (nSPS) is 20.4. The molecule has 0 amide bonds. The molecule has 1 saturated carbocycles. The molecule has 1 atom stereocenters. The summed E-state index contributed by atoms with van der Waals surface area (Å²) in [5, 5.41) is 10.1. The summed E-state index contributed by atoms with van der Waals surface area (Å²) in [6.45, 7) is 0. The number of H-pyrrole nitrogens is 1. The van der Waals surface area contributed by atoms with Crippen LogP contribution in [-0.4, -0.2) is 20.6 Å². The maximum Gasteiger partial charge on any atom is 0.0970 e. The number of nitrogens with zero attached hydrogens (tertiary/aromatic N) is 1. The van der Waals surface area contributed by atoms with Gasteiger partial charge in [0.1, 0.15) is 0 Å². The first-order chi connectivity index (χ1) is 7.19. The molecule has 4 N–H and O–H groups in total. The van der Waals surface area contributed by atoms with Crippen molar-refractivity contribution in [2.45, 2.75) is 24.5 Å². The Labute approximate surface area is 87.1 Å². The Hall–Kier alpha value is -1.39. The summed E-state index contributed by atoms with van der Waals surface area (Å²) in [5.74, 6) is 0. The van der Waals surface area contributed by atoms with Gasteiger partial charge in [0.2, 0.25) is 0 Å². The topological polar surface area (TPSA) is 74.9 Å². The highest BCUT2D eigenvalue weighted by molar-refractivity contribution is 5.75. The first-order valence-corrected chi connectivity index (χ1v) is 5.09. The quantitative estimate of drug-likeness (QED) is 0.683. The summed E-state index contributed by atoms with van der Waals surface area (Å²) in [6.07, 6.45) is 2.88. The average molecular weight is 203 g/mol. The van der Waals surface area contributed by atoms with Crippen LogP contribution in [0.1, 0.15) is 24.5 Å². The first kappa shape index (κ1) is 8.88. The summed E-state index contributed by atoms with van der Waals surface area (Å²) in [4.78, 5) is 7.15. The van der Waals surface area contributed by atoms with E-state index in [1.54, 1.807) is 6.33 Å². The lowest BCUT2D eigenvalue weighted by Crippen LogP contribution is -2.30. The van der Waals surface area contributed by atoms with Gasteiger partial charge < -0.3 is 15.8 Å². The number of aromatic nitrogens is 2. The van der Waals surface area contributed by atoms with E-state index >= 15 is 0 Å². The number of aromatic amines is 1. The van der Waals surface area contributed by atoms with E-state index in [4.69, 9.17) is 5.73 Å². The van der Waals surface area contributed by atoms with Crippen molar-refractivity contribution in [1.29, 1.82) is 0 Å². The predicted molar refractivity (Wildman–Crippen MR) is 57.2 cm³/mol. The molecule has 1 aliphatic rings. The number of fused-ring (bicyclic) bond motifs is 1. The third kappa shape index (κ3) is 1.33. The lowest BCUT2D eigenvalue weighted by molar-refractivity contribution is 0.136. The lowest BCUT2D eigenvalue weighted by Gasteiger charge is -2.17. The molecule has 0 spiro atoms. The molecule has 1 aliphatic carbocycles. The number of hydrogen-bond acceptors (Lipinski definition) is 3. The Morgan fingerprint density at radius 2 is 2.27 bits per heavy atom. The fraction of sp³-hybridized carbons (Fsp3) is 0.364. The van der Waals surface area contributed by atoms with E-state index in [1.807, 2.05) is 18.2 Å². The van der Waals surface area contributed by atoms with Crippen LogP contribution >= 0.6 is 0 Å². The summed E-state index contributed by atoms with van der Waals surface area (Å²) in [6, 6.07) is 5.71. The number of hydrogen-bond donors (Lipinski definition) is 3. The van der Waals surface area contributed by atoms with Crippen LogP contribution in [0.2, 0.25) is 0 Å². The zero-order valence-corrected chi connectivity index (χ0v) is 8.27. The number of rotatable bonds is 2. The van der Waals surface area contributed by atoms with Gasteiger partial charge in [0.05, 0.1) is 23.5 Å². The molecule has 4 nitrogen and oxygen atoms in total. The molecule has 1 aromatic heterocycles. The molecular formula is C11H13N3O. The molecule has 0 bridgehead atoms. The third-order valence-electron chi connectivity index (χ3n) is 3.13. The minimum atomic E-state index is -0.565. The fourth-order valence-corrected chi connectivity index (χ4v) is 1.87. The van der Waals surface area contributed by atoms with Crippen molar-refractivity contribution >= 4 is 11.0 Å². The molecule has 4 heteroatoms. The van der Waals surface area contributed by atoms with E-state index < -0.39 is 11.6 Å².